The predicted molar refractivity (Wildman–Crippen MR) is 115 cm³/mol. The molecule has 4 aromatic carbocycles. The van der Waals surface area contributed by atoms with Gasteiger partial charge in [-0.25, -0.2) is 0 Å². The van der Waals surface area contributed by atoms with Crippen molar-refractivity contribution in [1.29, 1.82) is 10.5 Å². The minimum absolute atomic E-state index is 0.490. The van der Waals surface area contributed by atoms with Crippen LogP contribution in [0.3, 0.4) is 0 Å². The van der Waals surface area contributed by atoms with Gasteiger partial charge in [0.15, 0.2) is 0 Å². The Hall–Kier alpha value is -3.62. The fraction of sp³-hybridized carbons (Fsp3) is 0.154. The van der Waals surface area contributed by atoms with Gasteiger partial charge in [0.25, 0.3) is 0 Å². The first-order valence-electron chi connectivity index (χ1n) is 9.59. The highest BCUT2D eigenvalue weighted by atomic mass is 14.2. The van der Waals surface area contributed by atoms with Crippen molar-refractivity contribution in [3.05, 3.63) is 83.9 Å². The zero-order chi connectivity index (χ0) is 19.3. The molecule has 0 bridgehead atoms. The van der Waals surface area contributed by atoms with Crippen molar-refractivity contribution in [3.8, 4) is 23.3 Å². The maximum atomic E-state index is 9.16. The minimum atomic E-state index is 0.490. The van der Waals surface area contributed by atoms with Gasteiger partial charge < -0.3 is 0 Å². The highest BCUT2D eigenvalue weighted by Crippen LogP contribution is 2.40. The van der Waals surface area contributed by atoms with Crippen LogP contribution in [-0.2, 0) is 12.8 Å². The molecule has 0 saturated carbocycles. The number of hydrogen-bond acceptors (Lipinski definition) is 2. The van der Waals surface area contributed by atoms with Crippen molar-refractivity contribution < 1.29 is 0 Å². The van der Waals surface area contributed by atoms with Gasteiger partial charge in [0.1, 0.15) is 0 Å². The van der Waals surface area contributed by atoms with Crippen molar-refractivity contribution >= 4 is 21.5 Å². The molecule has 0 saturated heterocycles. The Bertz CT molecular complexity index is 1140. The highest BCUT2D eigenvalue weighted by Gasteiger charge is 2.16. The van der Waals surface area contributed by atoms with Crippen LogP contribution in [0.5, 0.6) is 0 Å². The van der Waals surface area contributed by atoms with Crippen LogP contribution in [0.4, 0.5) is 0 Å². The van der Waals surface area contributed by atoms with E-state index < -0.39 is 0 Å². The van der Waals surface area contributed by atoms with Gasteiger partial charge in [-0.3, -0.25) is 0 Å². The quantitative estimate of drug-likeness (QED) is 0.404. The van der Waals surface area contributed by atoms with Crippen molar-refractivity contribution in [3.63, 3.8) is 0 Å². The standard InChI is InChI=1S/C26H20N2/c27-17-5-9-21-15-13-19-7-1-3-11-23(19)25(21)26-22(10-6-18-28)16-14-20-8-2-4-12-24(20)26/h1-4,7-8,11-16H,5-6,9-10H2. The fourth-order valence-corrected chi connectivity index (χ4v) is 4.02. The largest absolute Gasteiger partial charge is 0.198 e. The van der Waals surface area contributed by atoms with E-state index in [4.69, 9.17) is 10.5 Å². The summed E-state index contributed by atoms with van der Waals surface area (Å²) in [7, 11) is 0. The van der Waals surface area contributed by atoms with Crippen LogP contribution in [0.25, 0.3) is 32.7 Å². The Balaban J connectivity index is 2.10. The lowest BCUT2D eigenvalue weighted by atomic mass is 9.85. The zero-order valence-corrected chi connectivity index (χ0v) is 15.7. The molecule has 0 N–H and O–H groups in total. The van der Waals surface area contributed by atoms with Crippen LogP contribution < -0.4 is 0 Å². The van der Waals surface area contributed by atoms with Crippen LogP contribution in [0.15, 0.2) is 72.8 Å². The molecule has 0 aliphatic heterocycles. The summed E-state index contributed by atoms with van der Waals surface area (Å²) in [6.07, 6.45) is 2.42. The molecule has 0 atom stereocenters. The summed E-state index contributed by atoms with van der Waals surface area (Å²) in [6, 6.07) is 30.0. The molecule has 0 fully saturated rings. The third-order valence-electron chi connectivity index (χ3n) is 5.29. The molecule has 2 heteroatoms. The molecule has 0 heterocycles. The molecule has 0 aromatic heterocycles. The molecule has 2 nitrogen and oxygen atoms in total. The van der Waals surface area contributed by atoms with E-state index in [0.29, 0.717) is 12.8 Å². The van der Waals surface area contributed by atoms with E-state index in [1.807, 2.05) is 0 Å². The first-order chi connectivity index (χ1) is 13.8. The minimum Gasteiger partial charge on any atom is -0.198 e. The Morgan fingerprint density at radius 2 is 0.964 bits per heavy atom. The van der Waals surface area contributed by atoms with Crippen LogP contribution in [-0.4, -0.2) is 0 Å². The number of hydrogen-bond donors (Lipinski definition) is 0. The Morgan fingerprint density at radius 3 is 1.39 bits per heavy atom. The average Bonchev–Trinajstić information content (AvgIpc) is 2.75. The van der Waals surface area contributed by atoms with E-state index in [2.05, 4.69) is 84.9 Å². The molecular formula is C26H20N2. The fourth-order valence-electron chi connectivity index (χ4n) is 4.02. The Morgan fingerprint density at radius 1 is 0.536 bits per heavy atom. The summed E-state index contributed by atoms with van der Waals surface area (Å²) in [5.74, 6) is 0. The molecule has 4 aromatic rings. The number of fused-ring (bicyclic) bond motifs is 2. The Labute approximate surface area is 165 Å². The summed E-state index contributed by atoms with van der Waals surface area (Å²) in [4.78, 5) is 0. The van der Waals surface area contributed by atoms with Crippen molar-refractivity contribution in [1.82, 2.24) is 0 Å². The third-order valence-corrected chi connectivity index (χ3v) is 5.29. The van der Waals surface area contributed by atoms with Gasteiger partial charge in [-0.2, -0.15) is 10.5 Å². The lowest BCUT2D eigenvalue weighted by Gasteiger charge is -2.19. The van der Waals surface area contributed by atoms with E-state index in [1.54, 1.807) is 0 Å². The van der Waals surface area contributed by atoms with Crippen molar-refractivity contribution in [2.24, 2.45) is 0 Å². The van der Waals surface area contributed by atoms with Crippen molar-refractivity contribution in [2.75, 3.05) is 0 Å². The van der Waals surface area contributed by atoms with Crippen LogP contribution in [0.1, 0.15) is 24.0 Å². The van der Waals surface area contributed by atoms with E-state index in [0.717, 1.165) is 12.8 Å². The monoisotopic (exact) mass is 360 g/mol. The summed E-state index contributed by atoms with van der Waals surface area (Å²) >= 11 is 0. The predicted octanol–water partition coefficient (Wildman–Crippen LogP) is 6.57. The molecule has 4 rings (SSSR count). The lowest BCUT2D eigenvalue weighted by molar-refractivity contribution is 1.00. The molecule has 0 aliphatic carbocycles. The van der Waals surface area contributed by atoms with Crippen LogP contribution >= 0.6 is 0 Å². The molecule has 28 heavy (non-hydrogen) atoms. The van der Waals surface area contributed by atoms with Gasteiger partial charge in [-0.1, -0.05) is 72.8 Å². The van der Waals surface area contributed by atoms with E-state index >= 15 is 0 Å². The lowest BCUT2D eigenvalue weighted by Crippen LogP contribution is -1.97. The smallest absolute Gasteiger partial charge is 0.0625 e. The molecule has 0 spiro atoms. The van der Waals surface area contributed by atoms with E-state index in [1.165, 1.54) is 43.8 Å². The Kier molecular flexibility index (Phi) is 5.05. The summed E-state index contributed by atoms with van der Waals surface area (Å²) in [5.41, 5.74) is 4.79. The van der Waals surface area contributed by atoms with Crippen LogP contribution in [0.2, 0.25) is 0 Å². The van der Waals surface area contributed by atoms with Gasteiger partial charge in [-0.05, 0) is 56.6 Å². The van der Waals surface area contributed by atoms with Crippen LogP contribution in [0, 0.1) is 22.7 Å². The SMILES string of the molecule is N#CCCc1ccc2ccccc2c1-c1c(CCC#N)ccc2ccccc12. The highest BCUT2D eigenvalue weighted by molar-refractivity contribution is 6.07. The van der Waals surface area contributed by atoms with Gasteiger partial charge in [0.2, 0.25) is 0 Å². The number of nitriles is 2. The molecule has 0 radical (unpaired) electrons. The van der Waals surface area contributed by atoms with Gasteiger partial charge in [0, 0.05) is 12.8 Å². The maximum Gasteiger partial charge on any atom is 0.0625 e. The topological polar surface area (TPSA) is 47.6 Å². The summed E-state index contributed by atoms with van der Waals surface area (Å²) in [6.45, 7) is 0. The second-order valence-electron chi connectivity index (χ2n) is 6.96. The third kappa shape index (κ3) is 3.22. The first kappa shape index (κ1) is 17.8. The maximum absolute atomic E-state index is 9.16. The molecule has 0 aliphatic rings. The summed E-state index contributed by atoms with van der Waals surface area (Å²) < 4.78 is 0. The molecular weight excluding hydrogens is 340 g/mol. The molecule has 134 valence electrons. The van der Waals surface area contributed by atoms with E-state index in [9.17, 15) is 0 Å². The summed E-state index contributed by atoms with van der Waals surface area (Å²) in [5, 5.41) is 23.1. The normalized spacial score (nSPS) is 10.6. The average molecular weight is 360 g/mol. The van der Waals surface area contributed by atoms with Gasteiger partial charge in [0.05, 0.1) is 12.1 Å². The zero-order valence-electron chi connectivity index (χ0n) is 15.7. The molecule has 0 amide bonds. The second-order valence-corrected chi connectivity index (χ2v) is 6.96. The van der Waals surface area contributed by atoms with Crippen molar-refractivity contribution in [2.45, 2.75) is 25.7 Å². The number of benzene rings is 4. The number of aryl methyl sites for hydroxylation is 2. The first-order valence-corrected chi connectivity index (χ1v) is 9.59. The number of nitrogens with zero attached hydrogens (tertiary/aromatic N) is 2. The second kappa shape index (κ2) is 7.95. The number of rotatable bonds is 5. The molecule has 0 unspecified atom stereocenters. The van der Waals surface area contributed by atoms with Gasteiger partial charge >= 0.3 is 0 Å². The van der Waals surface area contributed by atoms with E-state index in [-0.39, 0.29) is 0 Å². The van der Waals surface area contributed by atoms with Gasteiger partial charge in [-0.15, -0.1) is 0 Å².